The molecule has 0 spiro atoms. The molecule has 1 aromatic heterocycles. The molecule has 1 fully saturated rings. The summed E-state index contributed by atoms with van der Waals surface area (Å²) in [7, 11) is 3.06. The Kier molecular flexibility index (Phi) is 5.90. The maximum Gasteiger partial charge on any atom is 0.258 e. The summed E-state index contributed by atoms with van der Waals surface area (Å²) < 4.78 is 10.5. The van der Waals surface area contributed by atoms with Crippen LogP contribution in [0.2, 0.25) is 0 Å². The van der Waals surface area contributed by atoms with Crippen LogP contribution in [0.3, 0.4) is 0 Å². The molecule has 7 nitrogen and oxygen atoms in total. The van der Waals surface area contributed by atoms with Gasteiger partial charge in [-0.3, -0.25) is 14.6 Å². The summed E-state index contributed by atoms with van der Waals surface area (Å²) in [5, 5.41) is 2.90. The number of benzene rings is 1. The number of carbonyl (C=O) groups is 2. The Balaban J connectivity index is 1.72. The number of rotatable bonds is 6. The van der Waals surface area contributed by atoms with Crippen LogP contribution in [0.5, 0.6) is 11.5 Å². The largest absolute Gasteiger partial charge is 0.497 e. The minimum Gasteiger partial charge on any atom is -0.497 e. The Morgan fingerprint density at radius 1 is 1.26 bits per heavy atom. The number of pyridine rings is 1. The number of ether oxygens (including phenoxy) is 2. The van der Waals surface area contributed by atoms with Gasteiger partial charge >= 0.3 is 0 Å². The van der Waals surface area contributed by atoms with E-state index in [4.69, 9.17) is 9.47 Å². The Bertz CT molecular complexity index is 810. The fraction of sp³-hybridized carbons (Fsp3) is 0.350. The quantitative estimate of drug-likeness (QED) is 0.843. The highest BCUT2D eigenvalue weighted by Crippen LogP contribution is 2.28. The molecule has 0 radical (unpaired) electrons. The second kappa shape index (κ2) is 8.53. The number of hydrogen-bond acceptors (Lipinski definition) is 5. The minimum atomic E-state index is -0.485. The monoisotopic (exact) mass is 369 g/mol. The first-order valence-corrected chi connectivity index (χ1v) is 8.83. The van der Waals surface area contributed by atoms with Gasteiger partial charge in [0.1, 0.15) is 17.5 Å². The number of aromatic nitrogens is 1. The summed E-state index contributed by atoms with van der Waals surface area (Å²) in [6, 6.07) is 8.28. The van der Waals surface area contributed by atoms with Crippen molar-refractivity contribution in [1.82, 2.24) is 15.2 Å². The summed E-state index contributed by atoms with van der Waals surface area (Å²) in [6.07, 6.45) is 4.82. The molecule has 1 atom stereocenters. The van der Waals surface area contributed by atoms with Gasteiger partial charge < -0.3 is 19.7 Å². The molecule has 1 aromatic carbocycles. The predicted molar refractivity (Wildman–Crippen MR) is 99.7 cm³/mol. The second-order valence-corrected chi connectivity index (χ2v) is 6.30. The zero-order chi connectivity index (χ0) is 19.2. The molecular formula is C20H23N3O4. The molecule has 142 valence electrons. The number of likely N-dealkylation sites (tertiary alicyclic amines) is 1. The Hall–Kier alpha value is -3.09. The lowest BCUT2D eigenvalue weighted by molar-refractivity contribution is -0.125. The maximum atomic E-state index is 13.0. The molecule has 1 aliphatic heterocycles. The van der Waals surface area contributed by atoms with Gasteiger partial charge in [-0.05, 0) is 36.6 Å². The summed E-state index contributed by atoms with van der Waals surface area (Å²) >= 11 is 0. The highest BCUT2D eigenvalue weighted by atomic mass is 16.5. The van der Waals surface area contributed by atoms with Crippen molar-refractivity contribution in [2.24, 2.45) is 0 Å². The van der Waals surface area contributed by atoms with Crippen LogP contribution >= 0.6 is 0 Å². The van der Waals surface area contributed by atoms with Crippen molar-refractivity contribution in [3.8, 4) is 11.5 Å². The summed E-state index contributed by atoms with van der Waals surface area (Å²) in [4.78, 5) is 31.3. The number of methoxy groups -OCH3 is 2. The zero-order valence-electron chi connectivity index (χ0n) is 15.5. The molecule has 1 saturated heterocycles. The summed E-state index contributed by atoms with van der Waals surface area (Å²) in [6.45, 7) is 0.927. The van der Waals surface area contributed by atoms with Gasteiger partial charge in [-0.2, -0.15) is 0 Å². The van der Waals surface area contributed by atoms with Gasteiger partial charge in [0.2, 0.25) is 5.91 Å². The van der Waals surface area contributed by atoms with Crippen LogP contribution in [0.4, 0.5) is 0 Å². The van der Waals surface area contributed by atoms with Gasteiger partial charge in [0.25, 0.3) is 5.91 Å². The van der Waals surface area contributed by atoms with Crippen LogP contribution in [0.1, 0.15) is 28.8 Å². The number of nitrogens with one attached hydrogen (secondary N) is 1. The number of carbonyl (C=O) groups excluding carboxylic acids is 2. The van der Waals surface area contributed by atoms with Gasteiger partial charge in [-0.15, -0.1) is 0 Å². The van der Waals surface area contributed by atoms with E-state index in [2.05, 4.69) is 10.3 Å². The van der Waals surface area contributed by atoms with Crippen LogP contribution in [-0.4, -0.2) is 48.5 Å². The third-order valence-corrected chi connectivity index (χ3v) is 4.64. The third-order valence-electron chi connectivity index (χ3n) is 4.64. The fourth-order valence-electron chi connectivity index (χ4n) is 3.22. The van der Waals surface area contributed by atoms with Gasteiger partial charge in [0, 0.05) is 31.5 Å². The van der Waals surface area contributed by atoms with Crippen molar-refractivity contribution < 1.29 is 19.1 Å². The van der Waals surface area contributed by atoms with Crippen molar-refractivity contribution in [1.29, 1.82) is 0 Å². The molecule has 0 aliphatic carbocycles. The van der Waals surface area contributed by atoms with Crippen molar-refractivity contribution in [2.45, 2.75) is 25.4 Å². The standard InChI is InChI=1S/C20H23N3O4/c1-26-15-7-8-16(18(11-15)27-2)20(25)23-10-4-6-17(23)19(24)22-13-14-5-3-9-21-12-14/h3,5,7-9,11-12,17H,4,6,10,13H2,1-2H3,(H,22,24). The van der Waals surface area contributed by atoms with E-state index in [0.29, 0.717) is 36.6 Å². The molecule has 2 amide bonds. The number of amides is 2. The maximum absolute atomic E-state index is 13.0. The Morgan fingerprint density at radius 2 is 2.11 bits per heavy atom. The lowest BCUT2D eigenvalue weighted by Gasteiger charge is -2.25. The molecule has 7 heteroatoms. The molecule has 0 bridgehead atoms. The molecule has 1 aliphatic rings. The lowest BCUT2D eigenvalue weighted by atomic mass is 10.1. The average Bonchev–Trinajstić information content (AvgIpc) is 3.21. The first-order valence-electron chi connectivity index (χ1n) is 8.83. The molecule has 2 heterocycles. The van der Waals surface area contributed by atoms with Gasteiger partial charge in [-0.1, -0.05) is 6.07 Å². The normalized spacial score (nSPS) is 16.1. The SMILES string of the molecule is COc1ccc(C(=O)N2CCCC2C(=O)NCc2cccnc2)c(OC)c1. The van der Waals surface area contributed by atoms with Gasteiger partial charge in [0.15, 0.2) is 0 Å². The molecule has 0 saturated carbocycles. The third kappa shape index (κ3) is 4.19. The molecule has 1 N–H and O–H groups in total. The van der Waals surface area contributed by atoms with Crippen molar-refractivity contribution in [3.63, 3.8) is 0 Å². The number of hydrogen-bond donors (Lipinski definition) is 1. The number of nitrogens with zero attached hydrogens (tertiary/aromatic N) is 2. The first-order chi connectivity index (χ1) is 13.1. The molecular weight excluding hydrogens is 346 g/mol. The van der Waals surface area contributed by atoms with Crippen molar-refractivity contribution >= 4 is 11.8 Å². The fourth-order valence-corrected chi connectivity index (χ4v) is 3.22. The second-order valence-electron chi connectivity index (χ2n) is 6.30. The van der Waals surface area contributed by atoms with Crippen molar-refractivity contribution in [2.75, 3.05) is 20.8 Å². The molecule has 1 unspecified atom stereocenters. The molecule has 3 rings (SSSR count). The van der Waals surface area contributed by atoms with Gasteiger partial charge in [-0.25, -0.2) is 0 Å². The Labute approximate surface area is 158 Å². The van der Waals surface area contributed by atoms with Crippen LogP contribution in [0, 0.1) is 0 Å². The smallest absolute Gasteiger partial charge is 0.258 e. The van der Waals surface area contributed by atoms with E-state index in [1.54, 1.807) is 42.6 Å². The van der Waals surface area contributed by atoms with E-state index in [1.165, 1.54) is 7.11 Å². The van der Waals surface area contributed by atoms with E-state index in [-0.39, 0.29) is 11.8 Å². The van der Waals surface area contributed by atoms with Crippen molar-refractivity contribution in [3.05, 3.63) is 53.9 Å². The average molecular weight is 369 g/mol. The zero-order valence-corrected chi connectivity index (χ0v) is 15.5. The van der Waals surface area contributed by atoms with Gasteiger partial charge in [0.05, 0.1) is 19.8 Å². The highest BCUT2D eigenvalue weighted by molar-refractivity contribution is 6.00. The van der Waals surface area contributed by atoms with E-state index in [9.17, 15) is 9.59 Å². The van der Waals surface area contributed by atoms with E-state index < -0.39 is 6.04 Å². The van der Waals surface area contributed by atoms with Crippen LogP contribution in [-0.2, 0) is 11.3 Å². The van der Waals surface area contributed by atoms with E-state index >= 15 is 0 Å². The lowest BCUT2D eigenvalue weighted by Crippen LogP contribution is -2.45. The van der Waals surface area contributed by atoms with Crippen LogP contribution < -0.4 is 14.8 Å². The summed E-state index contributed by atoms with van der Waals surface area (Å²) in [5.74, 6) is 0.669. The highest BCUT2D eigenvalue weighted by Gasteiger charge is 2.35. The molecule has 27 heavy (non-hydrogen) atoms. The van der Waals surface area contributed by atoms with E-state index in [0.717, 1.165) is 12.0 Å². The molecule has 2 aromatic rings. The minimum absolute atomic E-state index is 0.155. The predicted octanol–water partition coefficient (Wildman–Crippen LogP) is 2.02. The van der Waals surface area contributed by atoms with Crippen LogP contribution in [0.25, 0.3) is 0 Å². The van der Waals surface area contributed by atoms with E-state index in [1.807, 2.05) is 12.1 Å². The topological polar surface area (TPSA) is 80.8 Å². The van der Waals surface area contributed by atoms with Crippen LogP contribution in [0.15, 0.2) is 42.7 Å². The Morgan fingerprint density at radius 3 is 2.81 bits per heavy atom. The first kappa shape index (κ1) is 18.7. The summed E-state index contributed by atoms with van der Waals surface area (Å²) in [5.41, 5.74) is 1.34.